The summed E-state index contributed by atoms with van der Waals surface area (Å²) in [6, 6.07) is 7.80. The second-order valence-corrected chi connectivity index (χ2v) is 7.80. The van der Waals surface area contributed by atoms with Gasteiger partial charge in [-0.2, -0.15) is 5.10 Å². The lowest BCUT2D eigenvalue weighted by molar-refractivity contribution is -0.136. The van der Waals surface area contributed by atoms with E-state index >= 15 is 0 Å². The Morgan fingerprint density at radius 2 is 1.96 bits per heavy atom. The number of nitrogens with zero attached hydrogens (tertiary/aromatic N) is 3. The minimum absolute atomic E-state index is 0.133. The monoisotopic (exact) mass is 367 g/mol. The molecule has 0 atom stereocenters. The van der Waals surface area contributed by atoms with Crippen molar-refractivity contribution in [1.29, 1.82) is 0 Å². The fourth-order valence-corrected chi connectivity index (χ4v) is 3.27. The van der Waals surface area contributed by atoms with Crippen LogP contribution in [0.2, 0.25) is 0 Å². The molecule has 0 fully saturated rings. The Morgan fingerprint density at radius 1 is 1.26 bits per heavy atom. The topological polar surface area (TPSA) is 76.7 Å². The van der Waals surface area contributed by atoms with Crippen molar-refractivity contribution in [3.63, 3.8) is 0 Å². The van der Waals surface area contributed by atoms with E-state index in [4.69, 9.17) is 9.84 Å². The van der Waals surface area contributed by atoms with Crippen molar-refractivity contribution in [3.8, 4) is 17.0 Å². The highest BCUT2D eigenvalue weighted by Gasteiger charge is 2.24. The second-order valence-electron chi connectivity index (χ2n) is 7.80. The number of aryl methyl sites for hydroxylation is 2. The summed E-state index contributed by atoms with van der Waals surface area (Å²) in [5.74, 6) is -0.195. The van der Waals surface area contributed by atoms with Crippen molar-refractivity contribution in [1.82, 2.24) is 14.6 Å². The van der Waals surface area contributed by atoms with Gasteiger partial charge in [0.05, 0.1) is 24.9 Å². The number of hydrogen-bond acceptors (Lipinski definition) is 4. The summed E-state index contributed by atoms with van der Waals surface area (Å²) in [5.41, 5.74) is 5.28. The van der Waals surface area contributed by atoms with Gasteiger partial charge in [-0.15, -0.1) is 0 Å². The third-order valence-electron chi connectivity index (χ3n) is 4.67. The van der Waals surface area contributed by atoms with E-state index in [1.54, 1.807) is 11.6 Å². The van der Waals surface area contributed by atoms with Gasteiger partial charge in [0.25, 0.3) is 0 Å². The zero-order valence-corrected chi connectivity index (χ0v) is 16.6. The molecule has 0 radical (unpaired) electrons. The molecule has 0 saturated carbocycles. The maximum Gasteiger partial charge on any atom is 0.307 e. The molecule has 27 heavy (non-hydrogen) atoms. The van der Waals surface area contributed by atoms with E-state index in [2.05, 4.69) is 25.8 Å². The summed E-state index contributed by atoms with van der Waals surface area (Å²) in [4.78, 5) is 16.2. The van der Waals surface area contributed by atoms with Gasteiger partial charge in [-0.25, -0.2) is 9.50 Å². The predicted molar refractivity (Wildman–Crippen MR) is 104 cm³/mol. The van der Waals surface area contributed by atoms with Crippen LogP contribution in [0, 0.1) is 13.8 Å². The summed E-state index contributed by atoms with van der Waals surface area (Å²) in [7, 11) is 1.62. The Bertz CT molecular complexity index is 1030. The van der Waals surface area contributed by atoms with Crippen molar-refractivity contribution in [2.75, 3.05) is 7.11 Å². The number of methoxy groups -OCH3 is 1. The van der Waals surface area contributed by atoms with E-state index in [1.807, 2.05) is 38.1 Å². The molecular formula is C21H25N3O3. The maximum atomic E-state index is 11.5. The van der Waals surface area contributed by atoms with Crippen LogP contribution in [-0.2, 0) is 16.6 Å². The van der Waals surface area contributed by atoms with E-state index in [9.17, 15) is 9.90 Å². The first-order chi connectivity index (χ1) is 12.6. The lowest BCUT2D eigenvalue weighted by atomic mass is 9.93. The lowest BCUT2D eigenvalue weighted by Crippen LogP contribution is -2.13. The predicted octanol–water partition coefficient (Wildman–Crippen LogP) is 3.95. The zero-order chi connectivity index (χ0) is 19.9. The van der Waals surface area contributed by atoms with Crippen LogP contribution in [0.15, 0.2) is 24.3 Å². The summed E-state index contributed by atoms with van der Waals surface area (Å²) < 4.78 is 7.40. The maximum absolute atomic E-state index is 11.5. The summed E-state index contributed by atoms with van der Waals surface area (Å²) in [6.45, 7) is 10.1. The molecule has 0 amide bonds. The fraction of sp³-hybridized carbons (Fsp3) is 0.381. The van der Waals surface area contributed by atoms with Gasteiger partial charge in [0.1, 0.15) is 5.75 Å². The molecule has 0 unspecified atom stereocenters. The smallest absolute Gasteiger partial charge is 0.307 e. The number of benzene rings is 1. The number of para-hydroxylation sites is 1. The Balaban J connectivity index is 2.45. The standard InChI is InChI=1S/C21H25N3O3/c1-12-8-7-9-14(20(12)27-6)19-15(10-18(25)26)13(2)22-17-11-16(21(3,4)5)23-24(17)19/h7-9,11H,10H2,1-6H3,(H,25,26). The van der Waals surface area contributed by atoms with E-state index in [0.29, 0.717) is 22.7 Å². The van der Waals surface area contributed by atoms with Crippen LogP contribution in [0.4, 0.5) is 0 Å². The van der Waals surface area contributed by atoms with Crippen LogP contribution >= 0.6 is 0 Å². The van der Waals surface area contributed by atoms with Gasteiger partial charge in [0.2, 0.25) is 0 Å². The first-order valence-electron chi connectivity index (χ1n) is 8.89. The number of aromatic nitrogens is 3. The second kappa shape index (κ2) is 6.68. The van der Waals surface area contributed by atoms with Crippen molar-refractivity contribution in [2.45, 2.75) is 46.5 Å². The fourth-order valence-electron chi connectivity index (χ4n) is 3.27. The molecule has 2 aromatic heterocycles. The lowest BCUT2D eigenvalue weighted by Gasteiger charge is -2.17. The van der Waals surface area contributed by atoms with Crippen LogP contribution < -0.4 is 4.74 Å². The molecule has 0 saturated heterocycles. The SMILES string of the molecule is COc1c(C)cccc1-c1c(CC(=O)O)c(C)nc2cc(C(C)(C)C)nn12. The number of carbonyl (C=O) groups is 1. The molecule has 0 spiro atoms. The third-order valence-corrected chi connectivity index (χ3v) is 4.67. The molecule has 0 aliphatic rings. The first-order valence-corrected chi connectivity index (χ1v) is 8.89. The minimum atomic E-state index is -0.907. The molecular weight excluding hydrogens is 342 g/mol. The number of fused-ring (bicyclic) bond motifs is 1. The van der Waals surface area contributed by atoms with Crippen molar-refractivity contribution in [2.24, 2.45) is 0 Å². The van der Waals surface area contributed by atoms with Crippen LogP contribution in [0.5, 0.6) is 5.75 Å². The minimum Gasteiger partial charge on any atom is -0.496 e. The number of rotatable bonds is 4. The van der Waals surface area contributed by atoms with Crippen LogP contribution in [0.25, 0.3) is 16.9 Å². The molecule has 0 aliphatic heterocycles. The third kappa shape index (κ3) is 3.39. The quantitative estimate of drug-likeness (QED) is 0.756. The van der Waals surface area contributed by atoms with Gasteiger partial charge in [0, 0.05) is 28.3 Å². The number of carboxylic acids is 1. The van der Waals surface area contributed by atoms with Gasteiger partial charge in [0.15, 0.2) is 5.65 Å². The van der Waals surface area contributed by atoms with Gasteiger partial charge in [-0.3, -0.25) is 4.79 Å². The first kappa shape index (κ1) is 18.9. The van der Waals surface area contributed by atoms with Crippen LogP contribution in [-0.4, -0.2) is 32.8 Å². The van der Waals surface area contributed by atoms with Crippen LogP contribution in [0.1, 0.15) is 43.3 Å². The molecule has 6 heteroatoms. The van der Waals surface area contributed by atoms with E-state index in [-0.39, 0.29) is 11.8 Å². The molecule has 142 valence electrons. The molecule has 3 aromatic rings. The van der Waals surface area contributed by atoms with Gasteiger partial charge in [-0.05, 0) is 25.5 Å². The molecule has 0 bridgehead atoms. The largest absolute Gasteiger partial charge is 0.496 e. The molecule has 6 nitrogen and oxygen atoms in total. The highest BCUT2D eigenvalue weighted by Crippen LogP contribution is 2.36. The van der Waals surface area contributed by atoms with E-state index in [1.165, 1.54) is 0 Å². The number of aliphatic carboxylic acids is 1. The Hall–Kier alpha value is -2.89. The average molecular weight is 367 g/mol. The van der Waals surface area contributed by atoms with Crippen molar-refractivity contribution in [3.05, 3.63) is 46.8 Å². The molecule has 1 aromatic carbocycles. The van der Waals surface area contributed by atoms with Gasteiger partial charge < -0.3 is 9.84 Å². The number of hydrogen-bond donors (Lipinski definition) is 1. The van der Waals surface area contributed by atoms with E-state index in [0.717, 1.165) is 22.5 Å². The van der Waals surface area contributed by atoms with Gasteiger partial charge >= 0.3 is 5.97 Å². The summed E-state index contributed by atoms with van der Waals surface area (Å²) >= 11 is 0. The Kier molecular flexibility index (Phi) is 4.68. The molecule has 3 rings (SSSR count). The highest BCUT2D eigenvalue weighted by atomic mass is 16.5. The normalized spacial score (nSPS) is 11.8. The highest BCUT2D eigenvalue weighted by molar-refractivity contribution is 5.80. The Labute approximate surface area is 158 Å². The summed E-state index contributed by atoms with van der Waals surface area (Å²) in [5, 5.41) is 14.2. The van der Waals surface area contributed by atoms with Gasteiger partial charge in [-0.1, -0.05) is 32.9 Å². The molecule has 1 N–H and O–H groups in total. The number of ether oxygens (including phenoxy) is 1. The van der Waals surface area contributed by atoms with Crippen molar-refractivity contribution < 1.29 is 14.6 Å². The molecule has 0 aliphatic carbocycles. The summed E-state index contributed by atoms with van der Waals surface area (Å²) in [6.07, 6.45) is -0.133. The zero-order valence-electron chi connectivity index (χ0n) is 16.6. The molecule has 2 heterocycles. The van der Waals surface area contributed by atoms with Crippen molar-refractivity contribution >= 4 is 11.6 Å². The van der Waals surface area contributed by atoms with Crippen LogP contribution in [0.3, 0.4) is 0 Å². The number of carboxylic acid groups (broad SMARTS) is 1. The Morgan fingerprint density at radius 3 is 2.56 bits per heavy atom. The van der Waals surface area contributed by atoms with E-state index < -0.39 is 5.97 Å². The average Bonchev–Trinajstić information content (AvgIpc) is 2.98.